The van der Waals surface area contributed by atoms with E-state index in [-0.39, 0.29) is 17.6 Å². The van der Waals surface area contributed by atoms with E-state index in [0.717, 1.165) is 16.6 Å². The number of nitro groups is 1. The molecule has 0 aliphatic carbocycles. The van der Waals surface area contributed by atoms with Crippen molar-refractivity contribution in [2.75, 3.05) is 7.05 Å². The van der Waals surface area contributed by atoms with Crippen LogP contribution in [0.2, 0.25) is 0 Å². The monoisotopic (exact) mass is 349 g/mol. The minimum Gasteiger partial charge on any atom is -0.335 e. The molecule has 0 saturated heterocycles. The summed E-state index contributed by atoms with van der Waals surface area (Å²) in [5, 5.41) is 11.8. The second-order valence-corrected chi connectivity index (χ2v) is 6.27. The molecule has 0 N–H and O–H groups in total. The van der Waals surface area contributed by atoms with Crippen molar-refractivity contribution in [1.82, 2.24) is 9.88 Å². The number of nitro benzene ring substituents is 1. The highest BCUT2D eigenvalue weighted by Crippen LogP contribution is 2.26. The number of nitrogens with zero attached hydrogens (tertiary/aromatic N) is 3. The number of aromatic nitrogens is 1. The lowest BCUT2D eigenvalue weighted by Crippen LogP contribution is -2.30. The summed E-state index contributed by atoms with van der Waals surface area (Å²) in [6, 6.07) is 15.4. The first kappa shape index (κ1) is 17.5. The molecule has 0 saturated carbocycles. The lowest BCUT2D eigenvalue weighted by molar-refractivity contribution is -0.384. The Labute approximate surface area is 151 Å². The van der Waals surface area contributed by atoms with Crippen LogP contribution in [0, 0.1) is 17.0 Å². The zero-order valence-electron chi connectivity index (χ0n) is 14.8. The van der Waals surface area contributed by atoms with Gasteiger partial charge in [-0.25, -0.2) is 0 Å². The Morgan fingerprint density at radius 2 is 1.88 bits per heavy atom. The average molecular weight is 349 g/mol. The molecule has 1 heterocycles. The van der Waals surface area contributed by atoms with Gasteiger partial charge in [0.05, 0.1) is 22.0 Å². The summed E-state index contributed by atoms with van der Waals surface area (Å²) >= 11 is 0. The van der Waals surface area contributed by atoms with Crippen molar-refractivity contribution < 1.29 is 9.72 Å². The SMILES string of the molecule is Cc1cc(C(=O)N(C)C(C)c2cccc([N+](=O)[O-])c2)c2ccccc2n1. The molecule has 132 valence electrons. The zero-order valence-corrected chi connectivity index (χ0v) is 14.8. The molecule has 3 aromatic rings. The van der Waals surface area contributed by atoms with Gasteiger partial charge in [-0.15, -0.1) is 0 Å². The molecule has 1 amide bonds. The van der Waals surface area contributed by atoms with Gasteiger partial charge in [0.15, 0.2) is 0 Å². The van der Waals surface area contributed by atoms with Gasteiger partial charge in [0.2, 0.25) is 0 Å². The molecule has 0 radical (unpaired) electrons. The standard InChI is InChI=1S/C20H19N3O3/c1-13-11-18(17-9-4-5-10-19(17)21-13)20(24)22(3)14(2)15-7-6-8-16(12-15)23(25)26/h4-12,14H,1-3H3. The van der Waals surface area contributed by atoms with Crippen LogP contribution < -0.4 is 0 Å². The third kappa shape index (κ3) is 3.26. The Balaban J connectivity index is 1.98. The quantitative estimate of drug-likeness (QED) is 0.520. The van der Waals surface area contributed by atoms with Crippen molar-refractivity contribution in [1.29, 1.82) is 0 Å². The Hall–Kier alpha value is -3.28. The number of aryl methyl sites for hydroxylation is 1. The van der Waals surface area contributed by atoms with E-state index in [0.29, 0.717) is 11.1 Å². The maximum Gasteiger partial charge on any atom is 0.269 e. The predicted octanol–water partition coefficient (Wildman–Crippen LogP) is 4.28. The van der Waals surface area contributed by atoms with Crippen LogP contribution in [0.5, 0.6) is 0 Å². The number of fused-ring (bicyclic) bond motifs is 1. The summed E-state index contributed by atoms with van der Waals surface area (Å²) in [5.41, 5.74) is 2.84. The number of hydrogen-bond acceptors (Lipinski definition) is 4. The Kier molecular flexibility index (Phi) is 4.67. The van der Waals surface area contributed by atoms with E-state index < -0.39 is 4.92 Å². The van der Waals surface area contributed by atoms with Crippen LogP contribution in [0.1, 0.15) is 34.6 Å². The van der Waals surface area contributed by atoms with Gasteiger partial charge in [-0.2, -0.15) is 0 Å². The Morgan fingerprint density at radius 1 is 1.15 bits per heavy atom. The average Bonchev–Trinajstić information content (AvgIpc) is 2.65. The second kappa shape index (κ2) is 6.92. The van der Waals surface area contributed by atoms with Crippen molar-refractivity contribution in [2.45, 2.75) is 19.9 Å². The van der Waals surface area contributed by atoms with Crippen molar-refractivity contribution in [2.24, 2.45) is 0 Å². The van der Waals surface area contributed by atoms with Crippen LogP contribution in [0.25, 0.3) is 10.9 Å². The van der Waals surface area contributed by atoms with E-state index in [1.54, 1.807) is 30.1 Å². The fraction of sp³-hybridized carbons (Fsp3) is 0.200. The van der Waals surface area contributed by atoms with Gasteiger partial charge in [-0.3, -0.25) is 19.9 Å². The van der Waals surface area contributed by atoms with E-state index >= 15 is 0 Å². The van der Waals surface area contributed by atoms with Crippen LogP contribution in [0.15, 0.2) is 54.6 Å². The molecular weight excluding hydrogens is 330 g/mol. The third-order valence-corrected chi connectivity index (χ3v) is 4.54. The number of para-hydroxylation sites is 1. The maximum atomic E-state index is 13.1. The molecule has 26 heavy (non-hydrogen) atoms. The molecule has 2 aromatic carbocycles. The van der Waals surface area contributed by atoms with Crippen LogP contribution in [0.3, 0.4) is 0 Å². The van der Waals surface area contributed by atoms with Crippen molar-refractivity contribution in [3.63, 3.8) is 0 Å². The molecule has 1 atom stereocenters. The van der Waals surface area contributed by atoms with Gasteiger partial charge in [0.1, 0.15) is 0 Å². The predicted molar refractivity (Wildman–Crippen MR) is 100 cm³/mol. The van der Waals surface area contributed by atoms with Crippen molar-refractivity contribution in [3.05, 3.63) is 81.5 Å². The highest BCUT2D eigenvalue weighted by Gasteiger charge is 2.22. The number of carbonyl (C=O) groups excluding carboxylic acids is 1. The van der Waals surface area contributed by atoms with Gasteiger partial charge in [0.25, 0.3) is 11.6 Å². The van der Waals surface area contributed by atoms with E-state index in [1.165, 1.54) is 12.1 Å². The van der Waals surface area contributed by atoms with Crippen molar-refractivity contribution >= 4 is 22.5 Å². The molecule has 0 spiro atoms. The van der Waals surface area contributed by atoms with E-state index in [1.807, 2.05) is 38.1 Å². The van der Waals surface area contributed by atoms with Gasteiger partial charge in [-0.1, -0.05) is 30.3 Å². The van der Waals surface area contributed by atoms with Crippen LogP contribution in [-0.2, 0) is 0 Å². The molecule has 1 unspecified atom stereocenters. The van der Waals surface area contributed by atoms with E-state index in [4.69, 9.17) is 0 Å². The van der Waals surface area contributed by atoms with Crippen LogP contribution in [-0.4, -0.2) is 27.8 Å². The highest BCUT2D eigenvalue weighted by atomic mass is 16.6. The molecule has 3 rings (SSSR count). The summed E-state index contributed by atoms with van der Waals surface area (Å²) in [5.74, 6) is -0.147. The number of non-ortho nitro benzene ring substituents is 1. The molecule has 0 fully saturated rings. The van der Waals surface area contributed by atoms with Crippen LogP contribution in [0.4, 0.5) is 5.69 Å². The van der Waals surface area contributed by atoms with Crippen molar-refractivity contribution in [3.8, 4) is 0 Å². The molecular formula is C20H19N3O3. The largest absolute Gasteiger partial charge is 0.335 e. The summed E-state index contributed by atoms with van der Waals surface area (Å²) in [7, 11) is 1.70. The minimum absolute atomic E-state index is 0.0143. The smallest absolute Gasteiger partial charge is 0.269 e. The van der Waals surface area contributed by atoms with E-state index in [2.05, 4.69) is 4.98 Å². The first-order chi connectivity index (χ1) is 12.4. The molecule has 0 bridgehead atoms. The highest BCUT2D eigenvalue weighted by molar-refractivity contribution is 6.06. The second-order valence-electron chi connectivity index (χ2n) is 6.27. The summed E-state index contributed by atoms with van der Waals surface area (Å²) < 4.78 is 0. The summed E-state index contributed by atoms with van der Waals surface area (Å²) in [6.07, 6.45) is 0. The zero-order chi connectivity index (χ0) is 18.8. The Morgan fingerprint density at radius 3 is 2.62 bits per heavy atom. The molecule has 6 heteroatoms. The van der Waals surface area contributed by atoms with Gasteiger partial charge < -0.3 is 4.90 Å². The maximum absolute atomic E-state index is 13.1. The van der Waals surface area contributed by atoms with Crippen LogP contribution >= 0.6 is 0 Å². The first-order valence-electron chi connectivity index (χ1n) is 8.26. The van der Waals surface area contributed by atoms with Gasteiger partial charge in [0, 0.05) is 30.3 Å². The Bertz CT molecular complexity index is 1000. The topological polar surface area (TPSA) is 76.3 Å². The number of pyridine rings is 1. The van der Waals surface area contributed by atoms with E-state index in [9.17, 15) is 14.9 Å². The first-order valence-corrected chi connectivity index (χ1v) is 8.26. The number of rotatable bonds is 4. The summed E-state index contributed by atoms with van der Waals surface area (Å²) in [6.45, 7) is 3.71. The molecule has 1 aromatic heterocycles. The number of hydrogen-bond donors (Lipinski definition) is 0. The molecule has 6 nitrogen and oxygen atoms in total. The lowest BCUT2D eigenvalue weighted by Gasteiger charge is -2.26. The molecule has 0 aliphatic heterocycles. The third-order valence-electron chi connectivity index (χ3n) is 4.54. The normalized spacial score (nSPS) is 12.0. The number of benzene rings is 2. The fourth-order valence-electron chi connectivity index (χ4n) is 2.97. The molecule has 0 aliphatic rings. The van der Waals surface area contributed by atoms with Gasteiger partial charge >= 0.3 is 0 Å². The lowest BCUT2D eigenvalue weighted by atomic mass is 10.0. The number of carbonyl (C=O) groups is 1. The number of amides is 1. The van der Waals surface area contributed by atoms with Gasteiger partial charge in [-0.05, 0) is 31.5 Å². The fourth-order valence-corrected chi connectivity index (χ4v) is 2.97. The minimum atomic E-state index is -0.433. The summed E-state index contributed by atoms with van der Waals surface area (Å²) in [4.78, 5) is 29.7.